The number of fused-ring (bicyclic) bond motifs is 1. The van der Waals surface area contributed by atoms with Crippen LogP contribution in [0.25, 0.3) is 0 Å². The molecule has 3 heterocycles. The van der Waals surface area contributed by atoms with Crippen molar-refractivity contribution in [3.05, 3.63) is 86.5 Å². The summed E-state index contributed by atoms with van der Waals surface area (Å²) in [6.07, 6.45) is -2.08. The van der Waals surface area contributed by atoms with Gasteiger partial charge in [-0.15, -0.1) is 5.10 Å². The van der Waals surface area contributed by atoms with E-state index in [0.29, 0.717) is 34.5 Å². The van der Waals surface area contributed by atoms with Crippen LogP contribution in [0.4, 0.5) is 24.8 Å². The van der Waals surface area contributed by atoms with E-state index < -0.39 is 29.4 Å². The van der Waals surface area contributed by atoms with Gasteiger partial charge in [-0.2, -0.15) is 18.4 Å². The SMILES string of the molecule is COC(=O)C1=C(C)N(c2cccc(C(F)(F)F)c2)c2n[nH]c(=O)n2C1c1ccc(C#N)cc1CC[N+](C)(C)CC1CCOCC1. The quantitative estimate of drug-likeness (QED) is 0.285. The summed E-state index contributed by atoms with van der Waals surface area (Å²) < 4.78 is 53.6. The molecule has 13 heteroatoms. The summed E-state index contributed by atoms with van der Waals surface area (Å²) in [7, 11) is 5.51. The molecule has 2 aliphatic rings. The smallest absolute Gasteiger partial charge is 0.416 e. The van der Waals surface area contributed by atoms with Gasteiger partial charge in [0.1, 0.15) is 6.04 Å². The van der Waals surface area contributed by atoms with Crippen LogP contribution in [0, 0.1) is 17.2 Å². The first-order chi connectivity index (χ1) is 21.3. The van der Waals surface area contributed by atoms with Crippen molar-refractivity contribution in [1.29, 1.82) is 5.26 Å². The molecule has 0 bridgehead atoms. The van der Waals surface area contributed by atoms with Crippen LogP contribution in [0.15, 0.2) is 58.5 Å². The fourth-order valence-electron chi connectivity index (χ4n) is 6.38. The number of nitrogens with one attached hydrogen (secondary N) is 1. The van der Waals surface area contributed by atoms with Crippen molar-refractivity contribution in [3.63, 3.8) is 0 Å². The van der Waals surface area contributed by atoms with Gasteiger partial charge in [0.15, 0.2) is 0 Å². The fraction of sp³-hybridized carbons (Fsp3) is 0.438. The number of nitrogens with zero attached hydrogens (tertiary/aromatic N) is 5. The molecule has 1 atom stereocenters. The zero-order valence-electron chi connectivity index (χ0n) is 25.6. The number of nitriles is 1. The number of aromatic nitrogens is 3. The molecule has 1 N–H and O–H groups in total. The van der Waals surface area contributed by atoms with E-state index in [2.05, 4.69) is 30.4 Å². The van der Waals surface area contributed by atoms with Crippen LogP contribution in [0.5, 0.6) is 0 Å². The van der Waals surface area contributed by atoms with E-state index in [9.17, 15) is 28.0 Å². The highest BCUT2D eigenvalue weighted by Gasteiger charge is 2.41. The lowest BCUT2D eigenvalue weighted by Crippen LogP contribution is -2.46. The number of carbonyl (C=O) groups is 1. The molecular weight excluding hydrogens is 589 g/mol. The average Bonchev–Trinajstić information content (AvgIpc) is 3.39. The minimum Gasteiger partial charge on any atom is -0.466 e. The van der Waals surface area contributed by atoms with Gasteiger partial charge >= 0.3 is 17.8 Å². The Balaban J connectivity index is 1.62. The van der Waals surface area contributed by atoms with Gasteiger partial charge in [-0.25, -0.2) is 19.3 Å². The van der Waals surface area contributed by atoms with Gasteiger partial charge in [-0.05, 0) is 61.2 Å². The number of esters is 1. The third kappa shape index (κ3) is 6.53. The largest absolute Gasteiger partial charge is 0.466 e. The number of benzene rings is 2. The molecule has 10 nitrogen and oxygen atoms in total. The Kier molecular flexibility index (Phi) is 8.91. The molecule has 1 aromatic heterocycles. The Morgan fingerprint density at radius 3 is 2.60 bits per heavy atom. The zero-order chi connectivity index (χ0) is 32.5. The molecule has 0 saturated carbocycles. The molecule has 45 heavy (non-hydrogen) atoms. The van der Waals surface area contributed by atoms with E-state index in [4.69, 9.17) is 9.47 Å². The highest BCUT2D eigenvalue weighted by Crippen LogP contribution is 2.43. The van der Waals surface area contributed by atoms with E-state index in [1.807, 2.05) is 0 Å². The van der Waals surface area contributed by atoms with Crippen LogP contribution in [0.1, 0.15) is 48.1 Å². The molecule has 5 rings (SSSR count). The van der Waals surface area contributed by atoms with Crippen molar-refractivity contribution in [2.45, 2.75) is 38.4 Å². The average molecular weight is 626 g/mol. The third-order valence-corrected chi connectivity index (χ3v) is 8.63. The lowest BCUT2D eigenvalue weighted by Gasteiger charge is -2.37. The Bertz CT molecular complexity index is 1710. The van der Waals surface area contributed by atoms with Crippen LogP contribution in [-0.4, -0.2) is 72.7 Å². The number of hydrogen-bond acceptors (Lipinski definition) is 7. The minimum atomic E-state index is -4.61. The van der Waals surface area contributed by atoms with Crippen LogP contribution in [0.3, 0.4) is 0 Å². The highest BCUT2D eigenvalue weighted by molar-refractivity contribution is 5.93. The van der Waals surface area contributed by atoms with Crippen molar-refractivity contribution >= 4 is 17.6 Å². The first-order valence-corrected chi connectivity index (χ1v) is 14.7. The van der Waals surface area contributed by atoms with Gasteiger partial charge in [-0.3, -0.25) is 4.90 Å². The lowest BCUT2D eigenvalue weighted by atomic mass is 9.88. The second-order valence-corrected chi connectivity index (χ2v) is 12.1. The number of ether oxygens (including phenoxy) is 2. The molecule has 238 valence electrons. The van der Waals surface area contributed by atoms with E-state index in [-0.39, 0.29) is 22.9 Å². The predicted molar refractivity (Wildman–Crippen MR) is 160 cm³/mol. The molecule has 0 radical (unpaired) electrons. The van der Waals surface area contributed by atoms with E-state index in [1.165, 1.54) is 28.7 Å². The van der Waals surface area contributed by atoms with Gasteiger partial charge in [0.25, 0.3) is 0 Å². The Morgan fingerprint density at radius 2 is 1.93 bits per heavy atom. The second-order valence-electron chi connectivity index (χ2n) is 12.1. The molecule has 1 unspecified atom stereocenters. The maximum absolute atomic E-state index is 13.7. The summed E-state index contributed by atoms with van der Waals surface area (Å²) in [5.41, 5.74) is 0.601. The van der Waals surface area contributed by atoms with Gasteiger partial charge in [-0.1, -0.05) is 12.1 Å². The van der Waals surface area contributed by atoms with Crippen molar-refractivity contribution in [3.8, 4) is 6.07 Å². The number of alkyl halides is 3. The molecular formula is C32H36F3N6O4+. The van der Waals surface area contributed by atoms with Gasteiger partial charge in [0.2, 0.25) is 5.95 Å². The molecule has 0 spiro atoms. The van der Waals surface area contributed by atoms with Crippen LogP contribution < -0.4 is 10.6 Å². The highest BCUT2D eigenvalue weighted by atomic mass is 19.4. The predicted octanol–water partition coefficient (Wildman–Crippen LogP) is 4.70. The summed E-state index contributed by atoms with van der Waals surface area (Å²) in [5.74, 6) is -0.206. The Labute approximate surface area is 258 Å². The summed E-state index contributed by atoms with van der Waals surface area (Å²) in [6, 6.07) is 10.8. The van der Waals surface area contributed by atoms with E-state index in [0.717, 1.165) is 50.3 Å². The van der Waals surface area contributed by atoms with Crippen LogP contribution >= 0.6 is 0 Å². The van der Waals surface area contributed by atoms with Gasteiger partial charge in [0.05, 0.1) is 57.1 Å². The summed E-state index contributed by atoms with van der Waals surface area (Å²) in [6.45, 7) is 4.75. The van der Waals surface area contributed by atoms with Crippen molar-refractivity contribution in [2.24, 2.45) is 5.92 Å². The number of likely N-dealkylation sites (N-methyl/N-ethyl adjacent to an activating group) is 1. The molecule has 2 aromatic carbocycles. The number of allylic oxidation sites excluding steroid dienone is 1. The maximum atomic E-state index is 13.7. The number of rotatable bonds is 8. The second kappa shape index (κ2) is 12.5. The number of methoxy groups -OCH3 is 1. The van der Waals surface area contributed by atoms with E-state index >= 15 is 0 Å². The Morgan fingerprint density at radius 1 is 1.20 bits per heavy atom. The summed E-state index contributed by atoms with van der Waals surface area (Å²) in [4.78, 5) is 28.2. The molecule has 0 amide bonds. The molecule has 1 saturated heterocycles. The first kappa shape index (κ1) is 32.0. The topological polar surface area (TPSA) is 113 Å². The van der Waals surface area contributed by atoms with Crippen molar-refractivity contribution in [2.75, 3.05) is 52.4 Å². The monoisotopic (exact) mass is 625 g/mol. The summed E-state index contributed by atoms with van der Waals surface area (Å²) in [5, 5.41) is 16.3. The van der Waals surface area contributed by atoms with Crippen molar-refractivity contribution < 1.29 is 31.9 Å². The van der Waals surface area contributed by atoms with E-state index in [1.54, 1.807) is 25.1 Å². The number of halogens is 3. The lowest BCUT2D eigenvalue weighted by molar-refractivity contribution is -0.893. The standard InChI is InChI=1S/C32H35F3N6O4/c1-20-27(29(42)44-4)28(40-30(37-38-31(40)43)39(20)25-7-5-6-24(17-25)32(33,34)35)26-9-8-22(18-36)16-23(26)10-13-41(2,3)19-21-11-14-45-15-12-21/h5-9,16-17,21,28H,10-15,19H2,1-4H3/p+1. The molecule has 3 aromatic rings. The first-order valence-electron chi connectivity index (χ1n) is 14.7. The van der Waals surface area contributed by atoms with Crippen LogP contribution in [0.2, 0.25) is 0 Å². The summed E-state index contributed by atoms with van der Waals surface area (Å²) >= 11 is 0. The van der Waals surface area contributed by atoms with Gasteiger partial charge in [0, 0.05) is 36.9 Å². The Hall–Kier alpha value is -4.41. The molecule has 0 aliphatic carbocycles. The van der Waals surface area contributed by atoms with Crippen molar-refractivity contribution in [1.82, 2.24) is 14.8 Å². The number of aromatic amines is 1. The molecule has 1 fully saturated rings. The fourth-order valence-corrected chi connectivity index (χ4v) is 6.38. The number of anilines is 2. The van der Waals surface area contributed by atoms with Crippen LogP contribution in [-0.2, 0) is 26.9 Å². The number of carbonyl (C=O) groups excluding carboxylic acids is 1. The number of hydrogen-bond donors (Lipinski definition) is 1. The third-order valence-electron chi connectivity index (χ3n) is 8.63. The number of H-pyrrole nitrogens is 1. The minimum absolute atomic E-state index is 0.0143. The normalized spacial score (nSPS) is 17.6. The number of quaternary nitrogens is 1. The molecule has 2 aliphatic heterocycles. The maximum Gasteiger partial charge on any atom is 0.416 e. The van der Waals surface area contributed by atoms with Gasteiger partial charge < -0.3 is 14.0 Å². The zero-order valence-corrected chi connectivity index (χ0v) is 25.6.